The molecule has 3 atom stereocenters. The first-order chi connectivity index (χ1) is 23.3. The van der Waals surface area contributed by atoms with Crippen molar-refractivity contribution in [3.63, 3.8) is 0 Å². The molecule has 1 saturated heterocycles. The van der Waals surface area contributed by atoms with E-state index in [-0.39, 0.29) is 28.6 Å². The Morgan fingerprint density at radius 3 is 2.10 bits per heavy atom. The number of benzene rings is 3. The number of nitrogens with two attached hydrogens (primary N) is 1. The number of fused-ring (bicyclic) bond motifs is 1. The average Bonchev–Trinajstić information content (AvgIpc) is 3.67. The summed E-state index contributed by atoms with van der Waals surface area (Å²) in [6.07, 6.45) is -0.476. The van der Waals surface area contributed by atoms with Crippen molar-refractivity contribution in [3.05, 3.63) is 114 Å². The maximum absolute atomic E-state index is 14.4. The zero-order chi connectivity index (χ0) is 35.0. The molecular formula is C37H44FN5O5Si. The van der Waals surface area contributed by atoms with Crippen molar-refractivity contribution in [1.29, 1.82) is 0 Å². The Bertz CT molecular complexity index is 1850. The standard InChI is InChI=1S/C37H44FN5O5Si/c1-35(2,3)49(5,6)48-29-21-30(43-24-40-31-32(39)41-34(38)42-33(31)43)47-36(29,22-44)23-46-37(25-13-9-7-10-14-25,26-15-11-8-12-16-26)27-17-19-28(45-4)20-18-27/h7-20,24,29-30,44H,21-23H2,1-6H3,(H2,39,41,42)/t29-,30+,36-/m0/s1. The Balaban J connectivity index is 1.48. The lowest BCUT2D eigenvalue weighted by atomic mass is 9.79. The lowest BCUT2D eigenvalue weighted by Crippen LogP contribution is -2.55. The third-order valence-electron chi connectivity index (χ3n) is 10.0. The Kier molecular flexibility index (Phi) is 9.37. The fraction of sp³-hybridized carbons (Fsp3) is 0.378. The number of hydrogen-bond acceptors (Lipinski definition) is 9. The van der Waals surface area contributed by atoms with Gasteiger partial charge in [-0.15, -0.1) is 0 Å². The van der Waals surface area contributed by atoms with Gasteiger partial charge < -0.3 is 29.5 Å². The Morgan fingerprint density at radius 2 is 1.55 bits per heavy atom. The third-order valence-corrected chi connectivity index (χ3v) is 14.5. The maximum Gasteiger partial charge on any atom is 0.312 e. The highest BCUT2D eigenvalue weighted by molar-refractivity contribution is 6.74. The Labute approximate surface area is 287 Å². The summed E-state index contributed by atoms with van der Waals surface area (Å²) in [6.45, 7) is 10.3. The first-order valence-corrected chi connectivity index (χ1v) is 19.3. The lowest BCUT2D eigenvalue weighted by Gasteiger charge is -2.44. The van der Waals surface area contributed by atoms with Crippen LogP contribution in [0.2, 0.25) is 18.1 Å². The van der Waals surface area contributed by atoms with E-state index < -0.39 is 44.5 Å². The van der Waals surface area contributed by atoms with E-state index in [1.54, 1.807) is 11.7 Å². The van der Waals surface area contributed by atoms with Crippen LogP contribution in [0.1, 0.15) is 50.1 Å². The van der Waals surface area contributed by atoms with E-state index in [2.05, 4.69) is 48.8 Å². The van der Waals surface area contributed by atoms with Crippen LogP contribution in [0.5, 0.6) is 5.75 Å². The quantitative estimate of drug-likeness (QED) is 0.0898. The van der Waals surface area contributed by atoms with Gasteiger partial charge in [0.05, 0.1) is 32.8 Å². The molecule has 3 N–H and O–H groups in total. The molecule has 0 radical (unpaired) electrons. The fourth-order valence-corrected chi connectivity index (χ4v) is 7.61. The van der Waals surface area contributed by atoms with Gasteiger partial charge in [0.15, 0.2) is 25.3 Å². The van der Waals surface area contributed by atoms with Crippen LogP contribution in [-0.4, -0.2) is 65.0 Å². The summed E-state index contributed by atoms with van der Waals surface area (Å²) in [5.74, 6) is 0.643. The topological polar surface area (TPSA) is 127 Å². The molecule has 6 rings (SSSR count). The van der Waals surface area contributed by atoms with Crippen molar-refractivity contribution in [2.75, 3.05) is 26.1 Å². The highest BCUT2D eigenvalue weighted by Gasteiger charge is 2.55. The summed E-state index contributed by atoms with van der Waals surface area (Å²) in [5.41, 5.74) is 6.62. The number of aromatic nitrogens is 4. The van der Waals surface area contributed by atoms with E-state index in [1.165, 1.54) is 6.33 Å². The SMILES string of the molecule is COc1ccc(C(OC[C@]2(CO)O[C@@H](n3cnc4c(N)nc(F)nc43)C[C@@H]2O[Si](C)(C)C(C)(C)C)(c2ccccc2)c2ccccc2)cc1. The fourth-order valence-electron chi connectivity index (χ4n) is 6.24. The molecule has 0 amide bonds. The van der Waals surface area contributed by atoms with Crippen molar-refractivity contribution in [2.45, 2.75) is 68.9 Å². The molecule has 3 heterocycles. The lowest BCUT2D eigenvalue weighted by molar-refractivity contribution is -0.175. The molecule has 12 heteroatoms. The number of anilines is 1. The van der Waals surface area contributed by atoms with Crippen LogP contribution in [-0.2, 0) is 19.5 Å². The molecule has 1 fully saturated rings. The average molecular weight is 686 g/mol. The zero-order valence-electron chi connectivity index (χ0n) is 28.8. The molecule has 0 unspecified atom stereocenters. The smallest absolute Gasteiger partial charge is 0.312 e. The number of rotatable bonds is 11. The van der Waals surface area contributed by atoms with Crippen molar-refractivity contribution >= 4 is 25.3 Å². The number of nitrogen functional groups attached to an aromatic ring is 1. The molecule has 258 valence electrons. The Hall–Kier alpha value is -4.20. The second-order valence-corrected chi connectivity index (χ2v) is 18.8. The molecule has 1 aliphatic rings. The molecule has 1 aliphatic heterocycles. The number of halogens is 1. The van der Waals surface area contributed by atoms with Crippen molar-refractivity contribution in [2.24, 2.45) is 0 Å². The zero-order valence-corrected chi connectivity index (χ0v) is 29.8. The van der Waals surface area contributed by atoms with Gasteiger partial charge in [-0.3, -0.25) is 4.57 Å². The van der Waals surface area contributed by atoms with Crippen LogP contribution in [0.25, 0.3) is 11.2 Å². The van der Waals surface area contributed by atoms with Gasteiger partial charge in [-0.2, -0.15) is 14.4 Å². The largest absolute Gasteiger partial charge is 0.497 e. The van der Waals surface area contributed by atoms with Crippen molar-refractivity contribution < 1.29 is 28.1 Å². The molecule has 49 heavy (non-hydrogen) atoms. The van der Waals surface area contributed by atoms with Crippen LogP contribution < -0.4 is 10.5 Å². The summed E-state index contributed by atoms with van der Waals surface area (Å²) < 4.78 is 42.7. The van der Waals surface area contributed by atoms with E-state index in [1.807, 2.05) is 84.9 Å². The number of hydrogen-bond donors (Lipinski definition) is 2. The minimum Gasteiger partial charge on any atom is -0.497 e. The van der Waals surface area contributed by atoms with Crippen LogP contribution in [0.3, 0.4) is 0 Å². The number of ether oxygens (including phenoxy) is 3. The molecule has 10 nitrogen and oxygen atoms in total. The van der Waals surface area contributed by atoms with Crippen LogP contribution in [0.15, 0.2) is 91.3 Å². The first-order valence-electron chi connectivity index (χ1n) is 16.3. The molecule has 0 aliphatic carbocycles. The summed E-state index contributed by atoms with van der Waals surface area (Å²) in [6, 6.07) is 27.7. The van der Waals surface area contributed by atoms with Crippen molar-refractivity contribution in [3.8, 4) is 5.75 Å². The normalized spacial score (nSPS) is 20.2. The first kappa shape index (κ1) is 34.7. The monoisotopic (exact) mass is 685 g/mol. The van der Waals surface area contributed by atoms with Crippen LogP contribution in [0, 0.1) is 6.08 Å². The molecule has 0 saturated carbocycles. The van der Waals surface area contributed by atoms with Gasteiger partial charge in [0.1, 0.15) is 23.2 Å². The molecule has 0 bridgehead atoms. The summed E-state index contributed by atoms with van der Waals surface area (Å²) >= 11 is 0. The minimum atomic E-state index is -2.43. The summed E-state index contributed by atoms with van der Waals surface area (Å²) in [4.78, 5) is 12.0. The third kappa shape index (κ3) is 6.35. The molecule has 5 aromatic rings. The van der Waals surface area contributed by atoms with Gasteiger partial charge in [0, 0.05) is 6.42 Å². The van der Waals surface area contributed by atoms with Gasteiger partial charge in [0.2, 0.25) is 0 Å². The number of nitrogens with zero attached hydrogens (tertiary/aromatic N) is 4. The van der Waals surface area contributed by atoms with E-state index in [0.29, 0.717) is 12.2 Å². The van der Waals surface area contributed by atoms with Gasteiger partial charge in [0.25, 0.3) is 0 Å². The minimum absolute atomic E-state index is 0.0623. The number of imidazole rings is 1. The van der Waals surface area contributed by atoms with Gasteiger partial charge in [-0.1, -0.05) is 93.6 Å². The van der Waals surface area contributed by atoms with Crippen LogP contribution >= 0.6 is 0 Å². The predicted molar refractivity (Wildman–Crippen MR) is 188 cm³/mol. The maximum atomic E-state index is 14.4. The van der Waals surface area contributed by atoms with Gasteiger partial charge in [-0.05, 0) is 47.0 Å². The number of aliphatic hydroxyl groups excluding tert-OH is 1. The molecule has 0 spiro atoms. The molecule has 2 aromatic heterocycles. The Morgan fingerprint density at radius 1 is 0.959 bits per heavy atom. The van der Waals surface area contributed by atoms with Gasteiger partial charge >= 0.3 is 6.08 Å². The van der Waals surface area contributed by atoms with E-state index in [9.17, 15) is 9.50 Å². The van der Waals surface area contributed by atoms with Crippen molar-refractivity contribution in [1.82, 2.24) is 19.5 Å². The summed E-state index contributed by atoms with van der Waals surface area (Å²) in [7, 11) is -0.798. The second-order valence-electron chi connectivity index (χ2n) is 14.0. The second kappa shape index (κ2) is 13.3. The number of aliphatic hydroxyl groups is 1. The van der Waals surface area contributed by atoms with E-state index in [4.69, 9.17) is 24.4 Å². The highest BCUT2D eigenvalue weighted by atomic mass is 28.4. The van der Waals surface area contributed by atoms with Crippen LogP contribution in [0.4, 0.5) is 10.2 Å². The van der Waals surface area contributed by atoms with E-state index >= 15 is 0 Å². The summed E-state index contributed by atoms with van der Waals surface area (Å²) in [5, 5.41) is 11.2. The molecular weight excluding hydrogens is 642 g/mol. The predicted octanol–water partition coefficient (Wildman–Crippen LogP) is 6.61. The van der Waals surface area contributed by atoms with E-state index in [0.717, 1.165) is 16.7 Å². The molecule has 3 aromatic carbocycles. The highest BCUT2D eigenvalue weighted by Crippen LogP contribution is 2.48. The van der Waals surface area contributed by atoms with Gasteiger partial charge in [-0.25, -0.2) is 4.98 Å². The number of methoxy groups -OCH3 is 1.